The van der Waals surface area contributed by atoms with Crippen LogP contribution < -0.4 is 5.73 Å². The highest BCUT2D eigenvalue weighted by Crippen LogP contribution is 2.36. The Hall–Kier alpha value is -1.74. The first-order valence-corrected chi connectivity index (χ1v) is 3.92. The lowest BCUT2D eigenvalue weighted by Crippen LogP contribution is -2.28. The minimum atomic E-state index is -4.65. The van der Waals surface area contributed by atoms with Crippen LogP contribution in [0.4, 0.5) is 13.2 Å². The maximum atomic E-state index is 12.2. The summed E-state index contributed by atoms with van der Waals surface area (Å²) in [5.74, 6) is -0.718. The molecular weight excluding hydrogens is 209 g/mol. The van der Waals surface area contributed by atoms with E-state index >= 15 is 0 Å². The molecule has 80 valence electrons. The molecule has 1 rings (SSSR count). The molecule has 0 aromatic heterocycles. The Balaban J connectivity index is 3.23. The maximum Gasteiger partial charge on any atom is 0.407 e. The Kier molecular flexibility index (Phi) is 2.86. The number of aromatic hydroxyl groups is 1. The molecule has 0 radical (unpaired) electrons. The van der Waals surface area contributed by atoms with Gasteiger partial charge in [-0.3, -0.25) is 0 Å². The van der Waals surface area contributed by atoms with Crippen LogP contribution in [0.15, 0.2) is 18.2 Å². The van der Waals surface area contributed by atoms with Crippen LogP contribution in [0.25, 0.3) is 0 Å². The molecule has 1 aromatic rings. The van der Waals surface area contributed by atoms with Crippen molar-refractivity contribution in [2.45, 2.75) is 12.2 Å². The second-order valence-electron chi connectivity index (χ2n) is 2.87. The minimum absolute atomic E-state index is 0.229. The van der Waals surface area contributed by atoms with Gasteiger partial charge in [-0.25, -0.2) is 0 Å². The van der Waals surface area contributed by atoms with Crippen LogP contribution in [0.2, 0.25) is 0 Å². The molecule has 6 heteroatoms. The standard InChI is InChI=1S/C9H7F3N2O/c10-9(11,12)8(14)6-3-1-2-5(4-13)7(6)15/h1-3,8,15H,14H2/t8-/m0/s1. The number of halogens is 3. The SMILES string of the molecule is N#Cc1cccc([C@H](N)C(F)(F)F)c1O. The van der Waals surface area contributed by atoms with Gasteiger partial charge in [-0.2, -0.15) is 18.4 Å². The molecule has 3 nitrogen and oxygen atoms in total. The van der Waals surface area contributed by atoms with E-state index in [4.69, 9.17) is 11.0 Å². The Bertz CT molecular complexity index is 409. The fourth-order valence-corrected chi connectivity index (χ4v) is 1.08. The first-order valence-electron chi connectivity index (χ1n) is 3.92. The maximum absolute atomic E-state index is 12.2. The predicted molar refractivity (Wildman–Crippen MR) is 45.8 cm³/mol. The first kappa shape index (κ1) is 11.3. The Morgan fingerprint density at radius 3 is 2.47 bits per heavy atom. The summed E-state index contributed by atoms with van der Waals surface area (Å²) in [5.41, 5.74) is 4.17. The highest BCUT2D eigenvalue weighted by molar-refractivity contribution is 5.48. The molecule has 0 unspecified atom stereocenters. The van der Waals surface area contributed by atoms with Crippen LogP contribution in [0.1, 0.15) is 17.2 Å². The Morgan fingerprint density at radius 1 is 1.40 bits per heavy atom. The summed E-state index contributed by atoms with van der Waals surface area (Å²) in [4.78, 5) is 0. The van der Waals surface area contributed by atoms with Gasteiger partial charge in [0.05, 0.1) is 5.56 Å². The quantitative estimate of drug-likeness (QED) is 0.752. The summed E-state index contributed by atoms with van der Waals surface area (Å²) in [6.45, 7) is 0. The van der Waals surface area contributed by atoms with Crippen LogP contribution >= 0.6 is 0 Å². The van der Waals surface area contributed by atoms with Gasteiger partial charge in [0.1, 0.15) is 17.9 Å². The number of phenols is 1. The largest absolute Gasteiger partial charge is 0.506 e. The van der Waals surface area contributed by atoms with E-state index in [1.54, 1.807) is 6.07 Å². The molecule has 1 atom stereocenters. The summed E-state index contributed by atoms with van der Waals surface area (Å²) < 4.78 is 36.7. The third-order valence-electron chi connectivity index (χ3n) is 1.88. The third-order valence-corrected chi connectivity index (χ3v) is 1.88. The number of nitrogens with two attached hydrogens (primary N) is 1. The fraction of sp³-hybridized carbons (Fsp3) is 0.222. The van der Waals surface area contributed by atoms with Crippen LogP contribution in [0.3, 0.4) is 0 Å². The van der Waals surface area contributed by atoms with Gasteiger partial charge in [0, 0.05) is 5.56 Å². The molecule has 1 aromatic carbocycles. The number of alkyl halides is 3. The molecule has 0 fully saturated rings. The molecule has 0 amide bonds. The molecule has 15 heavy (non-hydrogen) atoms. The topological polar surface area (TPSA) is 70.0 Å². The van der Waals surface area contributed by atoms with E-state index in [-0.39, 0.29) is 5.56 Å². The molecule has 0 spiro atoms. The van der Waals surface area contributed by atoms with E-state index in [1.165, 1.54) is 12.1 Å². The number of para-hydroxylation sites is 1. The summed E-state index contributed by atoms with van der Waals surface area (Å²) in [6.07, 6.45) is -4.65. The van der Waals surface area contributed by atoms with Crippen molar-refractivity contribution in [2.24, 2.45) is 5.73 Å². The van der Waals surface area contributed by atoms with Crippen molar-refractivity contribution in [2.75, 3.05) is 0 Å². The number of nitrogens with zero attached hydrogens (tertiary/aromatic N) is 1. The van der Waals surface area contributed by atoms with E-state index in [2.05, 4.69) is 0 Å². The zero-order valence-electron chi connectivity index (χ0n) is 7.42. The number of rotatable bonds is 1. The van der Waals surface area contributed by atoms with Gasteiger partial charge < -0.3 is 10.8 Å². The fourth-order valence-electron chi connectivity index (χ4n) is 1.08. The van der Waals surface area contributed by atoms with Crippen molar-refractivity contribution in [1.29, 1.82) is 5.26 Å². The van der Waals surface area contributed by atoms with Crippen molar-refractivity contribution in [1.82, 2.24) is 0 Å². The molecule has 3 N–H and O–H groups in total. The molecule has 0 saturated heterocycles. The molecular formula is C9H7F3N2O. The van der Waals surface area contributed by atoms with Gasteiger partial charge in [0.15, 0.2) is 0 Å². The average molecular weight is 216 g/mol. The van der Waals surface area contributed by atoms with Gasteiger partial charge in [0.25, 0.3) is 0 Å². The van der Waals surface area contributed by atoms with Crippen molar-refractivity contribution >= 4 is 0 Å². The lowest BCUT2D eigenvalue weighted by atomic mass is 10.0. The molecule has 0 bridgehead atoms. The Labute approximate surface area is 83.5 Å². The predicted octanol–water partition coefficient (Wildman–Crippen LogP) is 1.83. The number of phenolic OH excluding ortho intramolecular Hbond substituents is 1. The number of hydrogen-bond donors (Lipinski definition) is 2. The number of hydrogen-bond acceptors (Lipinski definition) is 3. The first-order chi connectivity index (χ1) is 6.88. The monoisotopic (exact) mass is 216 g/mol. The molecule has 0 aliphatic rings. The van der Waals surface area contributed by atoms with Crippen LogP contribution in [0, 0.1) is 11.3 Å². The van der Waals surface area contributed by atoms with Crippen LogP contribution in [-0.4, -0.2) is 11.3 Å². The second-order valence-corrected chi connectivity index (χ2v) is 2.87. The summed E-state index contributed by atoms with van der Waals surface area (Å²) >= 11 is 0. The van der Waals surface area contributed by atoms with Crippen molar-refractivity contribution in [3.63, 3.8) is 0 Å². The van der Waals surface area contributed by atoms with Crippen molar-refractivity contribution in [3.8, 4) is 11.8 Å². The van der Waals surface area contributed by atoms with E-state index in [1.807, 2.05) is 0 Å². The summed E-state index contributed by atoms with van der Waals surface area (Å²) in [7, 11) is 0. The molecule has 0 heterocycles. The van der Waals surface area contributed by atoms with Gasteiger partial charge in [0.2, 0.25) is 0 Å². The number of benzene rings is 1. The van der Waals surface area contributed by atoms with E-state index in [0.29, 0.717) is 0 Å². The third kappa shape index (κ3) is 2.19. The zero-order chi connectivity index (χ0) is 11.6. The van der Waals surface area contributed by atoms with Gasteiger partial charge >= 0.3 is 6.18 Å². The normalized spacial score (nSPS) is 13.3. The van der Waals surface area contributed by atoms with E-state index < -0.39 is 23.5 Å². The van der Waals surface area contributed by atoms with E-state index in [9.17, 15) is 18.3 Å². The highest BCUT2D eigenvalue weighted by Gasteiger charge is 2.39. The van der Waals surface area contributed by atoms with Crippen LogP contribution in [0.5, 0.6) is 5.75 Å². The minimum Gasteiger partial charge on any atom is -0.506 e. The van der Waals surface area contributed by atoms with Crippen molar-refractivity contribution in [3.05, 3.63) is 29.3 Å². The molecule has 0 aliphatic carbocycles. The highest BCUT2D eigenvalue weighted by atomic mass is 19.4. The van der Waals surface area contributed by atoms with Gasteiger partial charge in [-0.15, -0.1) is 0 Å². The lowest BCUT2D eigenvalue weighted by molar-refractivity contribution is -0.149. The van der Waals surface area contributed by atoms with E-state index in [0.717, 1.165) is 6.07 Å². The second kappa shape index (κ2) is 3.79. The lowest BCUT2D eigenvalue weighted by Gasteiger charge is -2.17. The zero-order valence-corrected chi connectivity index (χ0v) is 7.42. The molecule has 0 saturated carbocycles. The average Bonchev–Trinajstić information content (AvgIpc) is 2.16. The summed E-state index contributed by atoms with van der Waals surface area (Å²) in [5, 5.41) is 17.8. The smallest absolute Gasteiger partial charge is 0.407 e. The summed E-state index contributed by atoms with van der Waals surface area (Å²) in [6, 6.07) is 2.76. The number of nitriles is 1. The van der Waals surface area contributed by atoms with Gasteiger partial charge in [-0.05, 0) is 6.07 Å². The van der Waals surface area contributed by atoms with Crippen LogP contribution in [-0.2, 0) is 0 Å². The van der Waals surface area contributed by atoms with Gasteiger partial charge in [-0.1, -0.05) is 12.1 Å². The molecule has 0 aliphatic heterocycles. The van der Waals surface area contributed by atoms with Crippen molar-refractivity contribution < 1.29 is 18.3 Å². The Morgan fingerprint density at radius 2 is 2.00 bits per heavy atom.